The van der Waals surface area contributed by atoms with Crippen LogP contribution in [0.3, 0.4) is 0 Å². The lowest BCUT2D eigenvalue weighted by Gasteiger charge is -2.24. The van der Waals surface area contributed by atoms with Crippen LogP contribution in [0.15, 0.2) is 40.3 Å². The Morgan fingerprint density at radius 2 is 2.29 bits per heavy atom. The van der Waals surface area contributed by atoms with Crippen LogP contribution in [0.25, 0.3) is 0 Å². The van der Waals surface area contributed by atoms with Crippen LogP contribution in [-0.4, -0.2) is 29.8 Å². The van der Waals surface area contributed by atoms with Crippen LogP contribution in [0.5, 0.6) is 0 Å². The molecular weight excluding hydrogens is 288 g/mol. The summed E-state index contributed by atoms with van der Waals surface area (Å²) in [6.45, 7) is 0.749. The van der Waals surface area contributed by atoms with Gasteiger partial charge in [0, 0.05) is 11.4 Å². The van der Waals surface area contributed by atoms with Gasteiger partial charge in [-0.3, -0.25) is 9.59 Å². The predicted octanol–water partition coefficient (Wildman–Crippen LogP) is 2.43. The van der Waals surface area contributed by atoms with E-state index in [1.54, 1.807) is 23.5 Å². The first-order chi connectivity index (χ1) is 10.3. The molecule has 2 aromatic heterocycles. The van der Waals surface area contributed by atoms with Crippen molar-refractivity contribution in [2.75, 3.05) is 13.1 Å². The Kier molecular flexibility index (Phi) is 4.06. The summed E-state index contributed by atoms with van der Waals surface area (Å²) in [4.78, 5) is 27.1. The van der Waals surface area contributed by atoms with Gasteiger partial charge in [-0.15, -0.1) is 11.3 Å². The second-order valence-electron chi connectivity index (χ2n) is 4.92. The van der Waals surface area contributed by atoms with Crippen molar-refractivity contribution in [2.24, 2.45) is 0 Å². The van der Waals surface area contributed by atoms with Gasteiger partial charge in [0.05, 0.1) is 18.8 Å². The molecule has 1 atom stereocenters. The molecule has 5 nitrogen and oxygen atoms in total. The third-order valence-corrected chi connectivity index (χ3v) is 4.56. The van der Waals surface area contributed by atoms with E-state index < -0.39 is 0 Å². The molecule has 6 heteroatoms. The summed E-state index contributed by atoms with van der Waals surface area (Å²) >= 11 is 1.67. The Bertz CT molecular complexity index is 607. The number of rotatable bonds is 4. The molecule has 0 bridgehead atoms. The molecule has 1 aliphatic heterocycles. The van der Waals surface area contributed by atoms with Gasteiger partial charge in [-0.1, -0.05) is 6.07 Å². The molecule has 3 heterocycles. The number of furan rings is 1. The van der Waals surface area contributed by atoms with E-state index >= 15 is 0 Å². The highest BCUT2D eigenvalue weighted by Crippen LogP contribution is 2.34. The summed E-state index contributed by atoms with van der Waals surface area (Å²) < 4.78 is 5.00. The van der Waals surface area contributed by atoms with Gasteiger partial charge in [-0.25, -0.2) is 0 Å². The molecule has 1 saturated heterocycles. The number of nitrogens with zero attached hydrogens (tertiary/aromatic N) is 1. The van der Waals surface area contributed by atoms with Gasteiger partial charge in [-0.2, -0.15) is 0 Å². The molecule has 0 aliphatic carbocycles. The molecule has 0 saturated carbocycles. The second kappa shape index (κ2) is 6.13. The van der Waals surface area contributed by atoms with Crippen molar-refractivity contribution in [3.8, 4) is 0 Å². The smallest absolute Gasteiger partial charge is 0.287 e. The quantitative estimate of drug-likeness (QED) is 0.943. The van der Waals surface area contributed by atoms with E-state index in [2.05, 4.69) is 11.4 Å². The van der Waals surface area contributed by atoms with Crippen LogP contribution in [0, 0.1) is 0 Å². The summed E-state index contributed by atoms with van der Waals surface area (Å²) in [6.07, 6.45) is 3.42. The fourth-order valence-corrected chi connectivity index (χ4v) is 3.47. The van der Waals surface area contributed by atoms with Crippen molar-refractivity contribution in [3.05, 3.63) is 46.5 Å². The number of nitrogens with one attached hydrogen (secondary N) is 1. The second-order valence-corrected chi connectivity index (χ2v) is 5.90. The van der Waals surface area contributed by atoms with Crippen molar-refractivity contribution >= 4 is 23.2 Å². The van der Waals surface area contributed by atoms with Gasteiger partial charge in [-0.05, 0) is 36.4 Å². The van der Waals surface area contributed by atoms with E-state index in [0.29, 0.717) is 0 Å². The van der Waals surface area contributed by atoms with Gasteiger partial charge in [0.2, 0.25) is 5.91 Å². The van der Waals surface area contributed by atoms with E-state index in [1.165, 1.54) is 11.1 Å². The highest BCUT2D eigenvalue weighted by atomic mass is 32.1. The molecule has 0 unspecified atom stereocenters. The van der Waals surface area contributed by atoms with E-state index in [1.807, 2.05) is 16.3 Å². The molecule has 0 spiro atoms. The Morgan fingerprint density at radius 3 is 3.00 bits per heavy atom. The van der Waals surface area contributed by atoms with Gasteiger partial charge >= 0.3 is 0 Å². The van der Waals surface area contributed by atoms with E-state index in [9.17, 15) is 9.59 Å². The molecule has 2 aromatic rings. The van der Waals surface area contributed by atoms with Crippen LogP contribution >= 0.6 is 11.3 Å². The molecule has 0 aromatic carbocycles. The fraction of sp³-hybridized carbons (Fsp3) is 0.333. The molecule has 0 radical (unpaired) electrons. The number of thiophene rings is 1. The zero-order valence-electron chi connectivity index (χ0n) is 11.5. The van der Waals surface area contributed by atoms with Crippen molar-refractivity contribution in [2.45, 2.75) is 18.9 Å². The molecule has 1 fully saturated rings. The minimum atomic E-state index is -0.361. The third kappa shape index (κ3) is 3.00. The number of hydrogen-bond acceptors (Lipinski definition) is 4. The summed E-state index contributed by atoms with van der Waals surface area (Å²) in [5, 5.41) is 4.63. The van der Waals surface area contributed by atoms with Crippen LogP contribution in [0.2, 0.25) is 0 Å². The zero-order chi connectivity index (χ0) is 14.7. The Balaban J connectivity index is 1.59. The number of carbonyl (C=O) groups is 2. The van der Waals surface area contributed by atoms with Crippen LogP contribution in [-0.2, 0) is 4.79 Å². The summed E-state index contributed by atoms with van der Waals surface area (Å²) in [6, 6.07) is 7.42. The van der Waals surface area contributed by atoms with Gasteiger partial charge in [0.25, 0.3) is 5.91 Å². The number of likely N-dealkylation sites (tertiary alicyclic amines) is 1. The average Bonchev–Trinajstić information content (AvgIpc) is 3.25. The van der Waals surface area contributed by atoms with Crippen molar-refractivity contribution < 1.29 is 14.0 Å². The van der Waals surface area contributed by atoms with Crippen LogP contribution in [0.1, 0.15) is 34.3 Å². The lowest BCUT2D eigenvalue weighted by atomic mass is 10.2. The SMILES string of the molecule is O=C(NCC(=O)N1CCC[C@H]1c1cccs1)c1ccco1. The molecular formula is C15H16N2O3S. The molecule has 110 valence electrons. The van der Waals surface area contributed by atoms with Crippen molar-refractivity contribution in [1.82, 2.24) is 10.2 Å². The summed E-state index contributed by atoms with van der Waals surface area (Å²) in [5.41, 5.74) is 0. The highest BCUT2D eigenvalue weighted by molar-refractivity contribution is 7.10. The first-order valence-corrected chi connectivity index (χ1v) is 7.78. The molecule has 1 aliphatic rings. The van der Waals surface area contributed by atoms with Gasteiger partial charge in [0.15, 0.2) is 5.76 Å². The first kappa shape index (κ1) is 13.9. The largest absolute Gasteiger partial charge is 0.459 e. The number of carbonyl (C=O) groups excluding carboxylic acids is 2. The number of hydrogen-bond donors (Lipinski definition) is 1. The maximum absolute atomic E-state index is 12.3. The zero-order valence-corrected chi connectivity index (χ0v) is 12.3. The minimum Gasteiger partial charge on any atom is -0.459 e. The van der Waals surface area contributed by atoms with Crippen molar-refractivity contribution in [3.63, 3.8) is 0 Å². The Morgan fingerprint density at radius 1 is 1.38 bits per heavy atom. The normalized spacial score (nSPS) is 17.9. The Hall–Kier alpha value is -2.08. The van der Waals surface area contributed by atoms with Gasteiger partial charge in [0.1, 0.15) is 0 Å². The Labute approximate surface area is 126 Å². The molecule has 21 heavy (non-hydrogen) atoms. The number of amides is 2. The predicted molar refractivity (Wildman–Crippen MR) is 79.0 cm³/mol. The lowest BCUT2D eigenvalue weighted by Crippen LogP contribution is -2.39. The van der Waals surface area contributed by atoms with E-state index in [0.717, 1.165) is 19.4 Å². The first-order valence-electron chi connectivity index (χ1n) is 6.90. The molecule has 2 amide bonds. The highest BCUT2D eigenvalue weighted by Gasteiger charge is 2.30. The molecule has 1 N–H and O–H groups in total. The third-order valence-electron chi connectivity index (χ3n) is 3.59. The summed E-state index contributed by atoms with van der Waals surface area (Å²) in [5.74, 6) is -0.190. The minimum absolute atomic E-state index is 0.00140. The van der Waals surface area contributed by atoms with E-state index in [-0.39, 0.29) is 30.2 Å². The fourth-order valence-electron chi connectivity index (χ4n) is 2.59. The molecule has 3 rings (SSSR count). The van der Waals surface area contributed by atoms with Gasteiger partial charge < -0.3 is 14.6 Å². The average molecular weight is 304 g/mol. The standard InChI is InChI=1S/C15H16N2O3S/c18-14(10-16-15(19)12-5-2-8-20-12)17-7-1-4-11(17)13-6-3-9-21-13/h2-3,5-6,8-9,11H,1,4,7,10H2,(H,16,19)/t11-/m0/s1. The van der Waals surface area contributed by atoms with E-state index in [4.69, 9.17) is 4.42 Å². The maximum atomic E-state index is 12.3. The van der Waals surface area contributed by atoms with Crippen LogP contribution < -0.4 is 5.32 Å². The topological polar surface area (TPSA) is 62.6 Å². The monoisotopic (exact) mass is 304 g/mol. The van der Waals surface area contributed by atoms with Crippen LogP contribution in [0.4, 0.5) is 0 Å². The maximum Gasteiger partial charge on any atom is 0.287 e. The summed E-state index contributed by atoms with van der Waals surface area (Å²) in [7, 11) is 0. The van der Waals surface area contributed by atoms with Crippen molar-refractivity contribution in [1.29, 1.82) is 0 Å². The lowest BCUT2D eigenvalue weighted by molar-refractivity contribution is -0.131.